The van der Waals surface area contributed by atoms with E-state index in [0.717, 1.165) is 11.1 Å². The van der Waals surface area contributed by atoms with E-state index in [1.807, 2.05) is 37.3 Å². The van der Waals surface area contributed by atoms with Crippen LogP contribution in [0.2, 0.25) is 0 Å². The predicted octanol–water partition coefficient (Wildman–Crippen LogP) is 4.64. The second kappa shape index (κ2) is 12.6. The van der Waals surface area contributed by atoms with Crippen molar-refractivity contribution in [2.24, 2.45) is 0 Å². The van der Waals surface area contributed by atoms with Gasteiger partial charge in [-0.2, -0.15) is 0 Å². The monoisotopic (exact) mass is 501 g/mol. The summed E-state index contributed by atoms with van der Waals surface area (Å²) in [4.78, 5) is 30.0. The fourth-order valence-electron chi connectivity index (χ4n) is 3.69. The Kier molecular flexibility index (Phi) is 8.78. The normalized spacial score (nSPS) is 11.6. The number of imidazole rings is 1. The average molecular weight is 502 g/mol. The molecular weight excluding hydrogens is 473 g/mol. The Bertz CT molecular complexity index is 1310. The van der Waals surface area contributed by atoms with E-state index in [-0.39, 0.29) is 37.1 Å². The van der Waals surface area contributed by atoms with Crippen LogP contribution in [0.5, 0.6) is 11.5 Å². The summed E-state index contributed by atoms with van der Waals surface area (Å²) in [6.07, 6.45) is 3.45. The van der Waals surface area contributed by atoms with Crippen molar-refractivity contribution in [3.05, 3.63) is 114 Å². The number of amides is 1. The van der Waals surface area contributed by atoms with E-state index in [1.54, 1.807) is 53.4 Å². The van der Waals surface area contributed by atoms with Crippen LogP contribution in [-0.4, -0.2) is 33.9 Å². The number of aryl methyl sites for hydroxylation is 1. The van der Waals surface area contributed by atoms with Crippen LogP contribution in [0.25, 0.3) is 0 Å². The van der Waals surface area contributed by atoms with Gasteiger partial charge in [-0.05, 0) is 54.4 Å². The molecule has 1 heterocycles. The Morgan fingerprint density at radius 3 is 2.27 bits per heavy atom. The maximum Gasteiger partial charge on any atom is 0.240 e. The molecule has 0 unspecified atom stereocenters. The summed E-state index contributed by atoms with van der Waals surface area (Å²) in [5.74, 6) is 0.977. The summed E-state index contributed by atoms with van der Waals surface area (Å²) in [6.45, 7) is 2.25. The molecule has 0 spiro atoms. The van der Waals surface area contributed by atoms with Gasteiger partial charge < -0.3 is 19.4 Å². The second-order valence-corrected chi connectivity index (χ2v) is 8.57. The number of nitrogens with one attached hydrogen (secondary N) is 1. The van der Waals surface area contributed by atoms with Gasteiger partial charge in [0.1, 0.15) is 35.7 Å². The second-order valence-electron chi connectivity index (χ2n) is 8.57. The van der Waals surface area contributed by atoms with Gasteiger partial charge in [0.25, 0.3) is 0 Å². The molecular formula is C29H28FN3O4. The van der Waals surface area contributed by atoms with E-state index in [9.17, 15) is 14.0 Å². The molecule has 8 heteroatoms. The Balaban J connectivity index is 1.38. The first-order valence-electron chi connectivity index (χ1n) is 11.9. The summed E-state index contributed by atoms with van der Waals surface area (Å²) in [7, 11) is 0. The number of carbonyl (C=O) groups excluding carboxylic acids is 2. The largest absolute Gasteiger partial charge is 0.457 e. The van der Waals surface area contributed by atoms with Crippen molar-refractivity contribution in [3.8, 4) is 11.5 Å². The maximum absolute atomic E-state index is 13.2. The van der Waals surface area contributed by atoms with Crippen LogP contribution < -0.4 is 10.1 Å². The van der Waals surface area contributed by atoms with Crippen molar-refractivity contribution in [1.29, 1.82) is 0 Å². The molecule has 4 rings (SSSR count). The van der Waals surface area contributed by atoms with Gasteiger partial charge in [0.15, 0.2) is 5.78 Å². The SMILES string of the molecule is Cc1nccn1CC(=O)N[C@@H](COCc1ccccc1)C(=O)Cc1ccc(Oc2ccc(F)cc2)cc1. The van der Waals surface area contributed by atoms with Gasteiger partial charge >= 0.3 is 0 Å². The van der Waals surface area contributed by atoms with E-state index < -0.39 is 6.04 Å². The van der Waals surface area contributed by atoms with E-state index >= 15 is 0 Å². The van der Waals surface area contributed by atoms with E-state index in [0.29, 0.717) is 23.9 Å². The molecule has 0 aliphatic heterocycles. The third kappa shape index (κ3) is 7.85. The van der Waals surface area contributed by atoms with Gasteiger partial charge in [0, 0.05) is 18.8 Å². The van der Waals surface area contributed by atoms with Crippen LogP contribution in [-0.2, 0) is 33.9 Å². The van der Waals surface area contributed by atoms with Crippen LogP contribution in [0.15, 0.2) is 91.3 Å². The highest BCUT2D eigenvalue weighted by Gasteiger charge is 2.22. The smallest absolute Gasteiger partial charge is 0.240 e. The molecule has 3 aromatic carbocycles. The van der Waals surface area contributed by atoms with Crippen molar-refractivity contribution in [2.75, 3.05) is 6.61 Å². The quantitative estimate of drug-likeness (QED) is 0.306. The summed E-state index contributed by atoms with van der Waals surface area (Å²) < 4.78 is 26.3. The fourth-order valence-corrected chi connectivity index (χ4v) is 3.69. The molecule has 1 atom stereocenters. The predicted molar refractivity (Wildman–Crippen MR) is 137 cm³/mol. The molecule has 1 amide bonds. The van der Waals surface area contributed by atoms with Crippen LogP contribution >= 0.6 is 0 Å². The molecule has 0 bridgehead atoms. The average Bonchev–Trinajstić information content (AvgIpc) is 3.30. The molecule has 0 saturated heterocycles. The Morgan fingerprint density at radius 1 is 0.946 bits per heavy atom. The lowest BCUT2D eigenvalue weighted by molar-refractivity contribution is -0.129. The first-order chi connectivity index (χ1) is 18.0. The number of halogens is 1. The number of aromatic nitrogens is 2. The summed E-state index contributed by atoms with van der Waals surface area (Å²) >= 11 is 0. The van der Waals surface area contributed by atoms with Gasteiger partial charge in [0.2, 0.25) is 5.91 Å². The minimum atomic E-state index is -0.810. The van der Waals surface area contributed by atoms with Crippen molar-refractivity contribution in [2.45, 2.75) is 32.5 Å². The number of hydrogen-bond acceptors (Lipinski definition) is 5. The number of benzene rings is 3. The zero-order chi connectivity index (χ0) is 26.0. The zero-order valence-electron chi connectivity index (χ0n) is 20.5. The molecule has 0 radical (unpaired) electrons. The molecule has 1 N–H and O–H groups in total. The fraction of sp³-hybridized carbons (Fsp3) is 0.207. The molecule has 0 aliphatic carbocycles. The van der Waals surface area contributed by atoms with Crippen molar-refractivity contribution in [3.63, 3.8) is 0 Å². The van der Waals surface area contributed by atoms with Gasteiger partial charge in [-0.25, -0.2) is 9.37 Å². The molecule has 190 valence electrons. The topological polar surface area (TPSA) is 82.5 Å². The zero-order valence-corrected chi connectivity index (χ0v) is 20.5. The molecule has 0 saturated carbocycles. The van der Waals surface area contributed by atoms with Crippen molar-refractivity contribution in [1.82, 2.24) is 14.9 Å². The minimum absolute atomic E-state index is 0.0497. The first kappa shape index (κ1) is 25.8. The van der Waals surface area contributed by atoms with Gasteiger partial charge in [-0.3, -0.25) is 9.59 Å². The number of rotatable bonds is 12. The number of carbonyl (C=O) groups is 2. The third-order valence-electron chi connectivity index (χ3n) is 5.71. The molecule has 4 aromatic rings. The lowest BCUT2D eigenvalue weighted by Crippen LogP contribution is -2.46. The summed E-state index contributed by atoms with van der Waals surface area (Å²) in [5.41, 5.74) is 1.75. The van der Waals surface area contributed by atoms with Crippen molar-refractivity contribution < 1.29 is 23.5 Å². The Hall–Kier alpha value is -4.30. The Labute approximate surface area is 214 Å². The number of ether oxygens (including phenoxy) is 2. The lowest BCUT2D eigenvalue weighted by Gasteiger charge is -2.19. The highest BCUT2D eigenvalue weighted by molar-refractivity contribution is 5.90. The van der Waals surface area contributed by atoms with Gasteiger partial charge in [-0.15, -0.1) is 0 Å². The van der Waals surface area contributed by atoms with E-state index in [2.05, 4.69) is 10.3 Å². The van der Waals surface area contributed by atoms with Gasteiger partial charge in [-0.1, -0.05) is 42.5 Å². The molecule has 0 fully saturated rings. The number of Topliss-reactive ketones (excluding diaryl/α,β-unsaturated/α-hetero) is 1. The van der Waals surface area contributed by atoms with Crippen LogP contribution in [0.3, 0.4) is 0 Å². The van der Waals surface area contributed by atoms with Crippen LogP contribution in [0.1, 0.15) is 17.0 Å². The van der Waals surface area contributed by atoms with Gasteiger partial charge in [0.05, 0.1) is 13.2 Å². The maximum atomic E-state index is 13.2. The lowest BCUT2D eigenvalue weighted by atomic mass is 10.0. The standard InChI is InChI=1S/C29H28FN3O4/c1-21-31-15-16-33(21)18-29(35)32-27(20-36-19-23-5-3-2-4-6-23)28(34)17-22-7-11-25(12-8-22)37-26-13-9-24(30)10-14-26/h2-16,27H,17-20H2,1H3,(H,32,35)/t27-/m0/s1. The molecule has 1 aromatic heterocycles. The highest BCUT2D eigenvalue weighted by Crippen LogP contribution is 2.22. The van der Waals surface area contributed by atoms with Crippen LogP contribution in [0.4, 0.5) is 4.39 Å². The third-order valence-corrected chi connectivity index (χ3v) is 5.71. The summed E-state index contributed by atoms with van der Waals surface area (Å²) in [6, 6.07) is 21.6. The molecule has 0 aliphatic rings. The number of hydrogen-bond donors (Lipinski definition) is 1. The molecule has 37 heavy (non-hydrogen) atoms. The number of nitrogens with zero attached hydrogens (tertiary/aromatic N) is 2. The Morgan fingerprint density at radius 2 is 1.62 bits per heavy atom. The minimum Gasteiger partial charge on any atom is -0.457 e. The number of ketones is 1. The summed E-state index contributed by atoms with van der Waals surface area (Å²) in [5, 5.41) is 2.82. The van der Waals surface area contributed by atoms with E-state index in [4.69, 9.17) is 9.47 Å². The van der Waals surface area contributed by atoms with E-state index in [1.165, 1.54) is 12.1 Å². The first-order valence-corrected chi connectivity index (χ1v) is 11.9. The van der Waals surface area contributed by atoms with Crippen LogP contribution in [0, 0.1) is 12.7 Å². The van der Waals surface area contributed by atoms with Crippen molar-refractivity contribution >= 4 is 11.7 Å². The highest BCUT2D eigenvalue weighted by atomic mass is 19.1. The molecule has 7 nitrogen and oxygen atoms in total.